The summed E-state index contributed by atoms with van der Waals surface area (Å²) in [5.41, 5.74) is 2.23. The molecule has 2 aliphatic rings. The Morgan fingerprint density at radius 2 is 1.79 bits per heavy atom. The van der Waals surface area contributed by atoms with E-state index in [4.69, 9.17) is 0 Å². The van der Waals surface area contributed by atoms with Crippen LogP contribution in [0.15, 0.2) is 23.3 Å². The Labute approximate surface area is 168 Å². The van der Waals surface area contributed by atoms with Gasteiger partial charge in [0, 0.05) is 52.5 Å². The highest BCUT2D eigenvalue weighted by Gasteiger charge is 2.23. The molecule has 28 heavy (non-hydrogen) atoms. The fraction of sp³-hybridized carbons (Fsp3) is 0.667. The van der Waals surface area contributed by atoms with Crippen LogP contribution in [-0.2, 0) is 11.3 Å². The van der Waals surface area contributed by atoms with Gasteiger partial charge in [0.05, 0.1) is 18.8 Å². The number of hydrogen-bond acceptors (Lipinski definition) is 4. The van der Waals surface area contributed by atoms with Gasteiger partial charge in [-0.1, -0.05) is 18.9 Å². The first-order valence-corrected chi connectivity index (χ1v) is 10.5. The van der Waals surface area contributed by atoms with E-state index in [2.05, 4.69) is 43.0 Å². The lowest BCUT2D eigenvalue weighted by atomic mass is 10.2. The Morgan fingerprint density at radius 3 is 2.43 bits per heavy atom. The zero-order valence-corrected chi connectivity index (χ0v) is 17.4. The van der Waals surface area contributed by atoms with E-state index in [1.54, 1.807) is 0 Å². The molecule has 3 heterocycles. The molecule has 1 aromatic heterocycles. The highest BCUT2D eigenvalue weighted by Crippen LogP contribution is 2.11. The zero-order chi connectivity index (χ0) is 19.8. The van der Waals surface area contributed by atoms with Crippen LogP contribution in [0.25, 0.3) is 0 Å². The molecule has 0 unspecified atom stereocenters. The molecule has 0 radical (unpaired) electrons. The molecular formula is C21H34N6O. The van der Waals surface area contributed by atoms with Gasteiger partial charge in [-0.2, -0.15) is 0 Å². The molecule has 1 amide bonds. The van der Waals surface area contributed by atoms with Crippen LogP contribution in [-0.4, -0.2) is 84.4 Å². The Balaban J connectivity index is 1.44. The number of aliphatic imine (C=N–C) groups is 1. The lowest BCUT2D eigenvalue weighted by molar-refractivity contribution is -0.132. The van der Waals surface area contributed by atoms with Gasteiger partial charge in [-0.15, -0.1) is 0 Å². The van der Waals surface area contributed by atoms with E-state index in [0.29, 0.717) is 19.0 Å². The van der Waals surface area contributed by atoms with E-state index >= 15 is 0 Å². The van der Waals surface area contributed by atoms with Crippen LogP contribution in [0, 0.1) is 6.92 Å². The molecule has 1 aromatic rings. The number of guanidine groups is 1. The number of piperazine rings is 1. The van der Waals surface area contributed by atoms with Crippen molar-refractivity contribution in [3.63, 3.8) is 0 Å². The number of likely N-dealkylation sites (tertiary alicyclic amines) is 1. The summed E-state index contributed by atoms with van der Waals surface area (Å²) in [5, 5.41) is 3.43. The number of nitrogens with zero attached hydrogens (tertiary/aromatic N) is 5. The molecule has 154 valence electrons. The second-order valence-corrected chi connectivity index (χ2v) is 7.73. The maximum Gasteiger partial charge on any atom is 0.236 e. The summed E-state index contributed by atoms with van der Waals surface area (Å²) in [4.78, 5) is 28.1. The third-order valence-corrected chi connectivity index (χ3v) is 5.73. The molecule has 7 nitrogen and oxygen atoms in total. The summed E-state index contributed by atoms with van der Waals surface area (Å²) in [5.74, 6) is 1.20. The topological polar surface area (TPSA) is 64.1 Å². The predicted molar refractivity (Wildman–Crippen MR) is 112 cm³/mol. The van der Waals surface area contributed by atoms with Gasteiger partial charge in [-0.25, -0.2) is 0 Å². The SMILES string of the molecule is CN=C(NCc1ncccc1C)N1CCN(CC(=O)N2CCCCCC2)CC1. The maximum atomic E-state index is 12.6. The van der Waals surface area contributed by atoms with Crippen LogP contribution in [0.4, 0.5) is 0 Å². The molecule has 3 rings (SSSR count). The van der Waals surface area contributed by atoms with Gasteiger partial charge in [0.2, 0.25) is 5.91 Å². The van der Waals surface area contributed by atoms with E-state index in [0.717, 1.165) is 63.8 Å². The number of aryl methyl sites for hydroxylation is 1. The molecule has 0 aliphatic carbocycles. The van der Waals surface area contributed by atoms with E-state index < -0.39 is 0 Å². The zero-order valence-electron chi connectivity index (χ0n) is 17.4. The van der Waals surface area contributed by atoms with Crippen LogP contribution in [0.3, 0.4) is 0 Å². The van der Waals surface area contributed by atoms with E-state index in [9.17, 15) is 4.79 Å². The van der Waals surface area contributed by atoms with Gasteiger partial charge < -0.3 is 15.1 Å². The van der Waals surface area contributed by atoms with Crippen LogP contribution in [0.5, 0.6) is 0 Å². The molecule has 0 spiro atoms. The minimum atomic E-state index is 0.295. The molecular weight excluding hydrogens is 352 g/mol. The highest BCUT2D eigenvalue weighted by molar-refractivity contribution is 5.80. The minimum Gasteiger partial charge on any atom is -0.351 e. The molecule has 0 atom stereocenters. The lowest BCUT2D eigenvalue weighted by Crippen LogP contribution is -2.54. The smallest absolute Gasteiger partial charge is 0.236 e. The molecule has 7 heteroatoms. The van der Waals surface area contributed by atoms with Crippen LogP contribution < -0.4 is 5.32 Å². The summed E-state index contributed by atoms with van der Waals surface area (Å²) >= 11 is 0. The standard InChI is InChI=1S/C21H34N6O/c1-18-8-7-9-23-19(18)16-24-21(22-2)27-14-12-25(13-15-27)17-20(28)26-10-5-3-4-6-11-26/h7-9H,3-6,10-17H2,1-2H3,(H,22,24). The Hall–Kier alpha value is -2.15. The number of carbonyl (C=O) groups excluding carboxylic acids is 1. The Morgan fingerprint density at radius 1 is 1.07 bits per heavy atom. The van der Waals surface area contributed by atoms with Crippen molar-refractivity contribution in [2.75, 3.05) is 52.9 Å². The first-order chi connectivity index (χ1) is 13.7. The first kappa shape index (κ1) is 20.6. The van der Waals surface area contributed by atoms with Crippen molar-refractivity contribution in [3.05, 3.63) is 29.6 Å². The molecule has 0 bridgehead atoms. The first-order valence-electron chi connectivity index (χ1n) is 10.5. The second-order valence-electron chi connectivity index (χ2n) is 7.73. The molecule has 2 fully saturated rings. The third kappa shape index (κ3) is 5.67. The van der Waals surface area contributed by atoms with Crippen molar-refractivity contribution in [3.8, 4) is 0 Å². The molecule has 0 aromatic carbocycles. The number of carbonyl (C=O) groups is 1. The van der Waals surface area contributed by atoms with Gasteiger partial charge in [-0.05, 0) is 31.4 Å². The van der Waals surface area contributed by atoms with E-state index in [1.807, 2.05) is 19.3 Å². The monoisotopic (exact) mass is 386 g/mol. The van der Waals surface area contributed by atoms with Gasteiger partial charge in [0.1, 0.15) is 0 Å². The van der Waals surface area contributed by atoms with Crippen molar-refractivity contribution in [2.24, 2.45) is 4.99 Å². The Bertz CT molecular complexity index is 661. The molecule has 1 N–H and O–H groups in total. The summed E-state index contributed by atoms with van der Waals surface area (Å²) < 4.78 is 0. The normalized spacial score (nSPS) is 19.4. The van der Waals surface area contributed by atoms with Crippen LogP contribution in [0.1, 0.15) is 36.9 Å². The number of hydrogen-bond donors (Lipinski definition) is 1. The van der Waals surface area contributed by atoms with Gasteiger partial charge >= 0.3 is 0 Å². The number of aromatic nitrogens is 1. The van der Waals surface area contributed by atoms with Crippen molar-refractivity contribution >= 4 is 11.9 Å². The van der Waals surface area contributed by atoms with Gasteiger partial charge in [0.25, 0.3) is 0 Å². The lowest BCUT2D eigenvalue weighted by Gasteiger charge is -2.37. The number of nitrogens with one attached hydrogen (secondary N) is 1. The molecule has 2 aliphatic heterocycles. The largest absolute Gasteiger partial charge is 0.351 e. The van der Waals surface area contributed by atoms with Crippen molar-refractivity contribution < 1.29 is 4.79 Å². The minimum absolute atomic E-state index is 0.295. The predicted octanol–water partition coefficient (Wildman–Crippen LogP) is 1.49. The number of pyridine rings is 1. The summed E-state index contributed by atoms with van der Waals surface area (Å²) in [6.07, 6.45) is 6.64. The summed E-state index contributed by atoms with van der Waals surface area (Å²) in [7, 11) is 1.82. The molecule has 2 saturated heterocycles. The van der Waals surface area contributed by atoms with Crippen LogP contribution >= 0.6 is 0 Å². The van der Waals surface area contributed by atoms with E-state index in [1.165, 1.54) is 18.4 Å². The van der Waals surface area contributed by atoms with Crippen LogP contribution in [0.2, 0.25) is 0 Å². The average Bonchev–Trinajstić information content (AvgIpc) is 3.00. The average molecular weight is 387 g/mol. The molecule has 0 saturated carbocycles. The number of amides is 1. The summed E-state index contributed by atoms with van der Waals surface area (Å²) in [6.45, 7) is 8.71. The quantitative estimate of drug-likeness (QED) is 0.627. The number of rotatable bonds is 4. The third-order valence-electron chi connectivity index (χ3n) is 5.73. The fourth-order valence-electron chi connectivity index (χ4n) is 3.93. The van der Waals surface area contributed by atoms with Gasteiger partial charge in [-0.3, -0.25) is 19.7 Å². The van der Waals surface area contributed by atoms with Crippen molar-refractivity contribution in [1.82, 2.24) is 25.0 Å². The van der Waals surface area contributed by atoms with Gasteiger partial charge in [0.15, 0.2) is 5.96 Å². The van der Waals surface area contributed by atoms with Crippen molar-refractivity contribution in [2.45, 2.75) is 39.2 Å². The Kier molecular flexibility index (Phi) is 7.65. The fourth-order valence-corrected chi connectivity index (χ4v) is 3.93. The summed E-state index contributed by atoms with van der Waals surface area (Å²) in [6, 6.07) is 4.03. The second kappa shape index (κ2) is 10.4. The van der Waals surface area contributed by atoms with Crippen molar-refractivity contribution in [1.29, 1.82) is 0 Å². The van der Waals surface area contributed by atoms with E-state index in [-0.39, 0.29) is 0 Å². The highest BCUT2D eigenvalue weighted by atomic mass is 16.2. The maximum absolute atomic E-state index is 12.6.